The van der Waals surface area contributed by atoms with Gasteiger partial charge in [-0.3, -0.25) is 0 Å². The monoisotopic (exact) mass is 214 g/mol. The molecule has 0 saturated heterocycles. The van der Waals surface area contributed by atoms with Gasteiger partial charge in [-0.2, -0.15) is 0 Å². The standard InChI is InChI=1S/C13H26O2/c1-12(8-5-6-11-14)9-7-10-13(2,3)15-4/h11-12H,5-10H2,1-4H3. The average molecular weight is 214 g/mol. The fourth-order valence-electron chi connectivity index (χ4n) is 1.67. The van der Waals surface area contributed by atoms with Crippen molar-refractivity contribution in [1.82, 2.24) is 0 Å². The van der Waals surface area contributed by atoms with Crippen LogP contribution in [0.5, 0.6) is 0 Å². The quantitative estimate of drug-likeness (QED) is 0.433. The number of methoxy groups -OCH3 is 1. The van der Waals surface area contributed by atoms with E-state index in [4.69, 9.17) is 4.74 Å². The van der Waals surface area contributed by atoms with E-state index >= 15 is 0 Å². The first kappa shape index (κ1) is 14.6. The van der Waals surface area contributed by atoms with Crippen LogP contribution in [0.25, 0.3) is 0 Å². The SMILES string of the molecule is COC(C)(C)CCCC(C)CCCC=O. The molecule has 0 aliphatic rings. The number of aldehydes is 1. The summed E-state index contributed by atoms with van der Waals surface area (Å²) < 4.78 is 5.37. The van der Waals surface area contributed by atoms with E-state index in [2.05, 4.69) is 20.8 Å². The van der Waals surface area contributed by atoms with Gasteiger partial charge in [0.05, 0.1) is 5.60 Å². The van der Waals surface area contributed by atoms with Gasteiger partial charge in [0.1, 0.15) is 6.29 Å². The summed E-state index contributed by atoms with van der Waals surface area (Å²) in [5.41, 5.74) is 0.0164. The summed E-state index contributed by atoms with van der Waals surface area (Å²) in [5.74, 6) is 0.734. The molecule has 0 aromatic rings. The first-order valence-corrected chi connectivity index (χ1v) is 6.00. The summed E-state index contributed by atoms with van der Waals surface area (Å²) >= 11 is 0. The topological polar surface area (TPSA) is 26.3 Å². The maximum atomic E-state index is 10.2. The maximum Gasteiger partial charge on any atom is 0.119 e. The van der Waals surface area contributed by atoms with Gasteiger partial charge in [0, 0.05) is 13.5 Å². The number of rotatable bonds is 9. The lowest BCUT2D eigenvalue weighted by Crippen LogP contribution is -2.22. The Hall–Kier alpha value is -0.370. The van der Waals surface area contributed by atoms with Gasteiger partial charge in [0.2, 0.25) is 0 Å². The van der Waals surface area contributed by atoms with Crippen LogP contribution >= 0.6 is 0 Å². The first-order valence-electron chi connectivity index (χ1n) is 6.00. The van der Waals surface area contributed by atoms with E-state index < -0.39 is 0 Å². The summed E-state index contributed by atoms with van der Waals surface area (Å²) in [7, 11) is 1.77. The van der Waals surface area contributed by atoms with Crippen LogP contribution in [-0.2, 0) is 9.53 Å². The highest BCUT2D eigenvalue weighted by Crippen LogP contribution is 2.21. The number of hydrogen-bond acceptors (Lipinski definition) is 2. The summed E-state index contributed by atoms with van der Waals surface area (Å²) in [5, 5.41) is 0. The molecule has 0 N–H and O–H groups in total. The van der Waals surface area contributed by atoms with E-state index in [-0.39, 0.29) is 5.60 Å². The van der Waals surface area contributed by atoms with E-state index in [1.807, 2.05) is 0 Å². The highest BCUT2D eigenvalue weighted by atomic mass is 16.5. The predicted octanol–water partition coefficient (Wildman–Crippen LogP) is 3.59. The number of unbranched alkanes of at least 4 members (excludes halogenated alkanes) is 1. The second-order valence-corrected chi connectivity index (χ2v) is 5.06. The molecular weight excluding hydrogens is 188 g/mol. The van der Waals surface area contributed by atoms with Crippen LogP contribution in [0.1, 0.15) is 59.3 Å². The Labute approximate surface area is 94.4 Å². The first-order chi connectivity index (χ1) is 7.02. The van der Waals surface area contributed by atoms with Crippen molar-refractivity contribution in [2.45, 2.75) is 64.9 Å². The van der Waals surface area contributed by atoms with Crippen LogP contribution in [0.15, 0.2) is 0 Å². The second-order valence-electron chi connectivity index (χ2n) is 5.06. The number of ether oxygens (including phenoxy) is 1. The largest absolute Gasteiger partial charge is 0.379 e. The van der Waals surface area contributed by atoms with Crippen LogP contribution in [0.2, 0.25) is 0 Å². The lowest BCUT2D eigenvalue weighted by Gasteiger charge is -2.23. The van der Waals surface area contributed by atoms with Gasteiger partial charge in [-0.05, 0) is 32.6 Å². The number of carbonyl (C=O) groups excluding carboxylic acids is 1. The molecule has 90 valence electrons. The fourth-order valence-corrected chi connectivity index (χ4v) is 1.67. The Morgan fingerprint density at radius 3 is 2.40 bits per heavy atom. The molecule has 0 rings (SSSR count). The second kappa shape index (κ2) is 7.86. The van der Waals surface area contributed by atoms with Crippen molar-refractivity contribution < 1.29 is 9.53 Å². The summed E-state index contributed by atoms with van der Waals surface area (Å²) in [6.07, 6.45) is 7.51. The molecule has 0 saturated carbocycles. The molecule has 0 spiro atoms. The zero-order valence-corrected chi connectivity index (χ0v) is 10.7. The highest BCUT2D eigenvalue weighted by molar-refractivity contribution is 5.48. The molecule has 2 heteroatoms. The van der Waals surface area contributed by atoms with Crippen LogP contribution in [0.3, 0.4) is 0 Å². The molecule has 0 fully saturated rings. The molecule has 0 bridgehead atoms. The van der Waals surface area contributed by atoms with Gasteiger partial charge >= 0.3 is 0 Å². The van der Waals surface area contributed by atoms with Gasteiger partial charge in [0.15, 0.2) is 0 Å². The Balaban J connectivity index is 3.46. The van der Waals surface area contributed by atoms with Gasteiger partial charge < -0.3 is 9.53 Å². The van der Waals surface area contributed by atoms with Gasteiger partial charge in [-0.1, -0.05) is 26.2 Å². The van der Waals surface area contributed by atoms with Crippen molar-refractivity contribution >= 4 is 6.29 Å². The lowest BCUT2D eigenvalue weighted by atomic mass is 9.94. The molecule has 1 unspecified atom stereocenters. The fraction of sp³-hybridized carbons (Fsp3) is 0.923. The Bertz CT molecular complexity index is 164. The minimum absolute atomic E-state index is 0.0164. The molecule has 1 atom stereocenters. The molecule has 0 aliphatic heterocycles. The zero-order chi connectivity index (χ0) is 11.7. The van der Waals surface area contributed by atoms with Crippen molar-refractivity contribution in [3.8, 4) is 0 Å². The van der Waals surface area contributed by atoms with Crippen LogP contribution < -0.4 is 0 Å². The van der Waals surface area contributed by atoms with Gasteiger partial charge in [0.25, 0.3) is 0 Å². The normalized spacial score (nSPS) is 13.9. The van der Waals surface area contributed by atoms with Crippen molar-refractivity contribution in [1.29, 1.82) is 0 Å². The number of hydrogen-bond donors (Lipinski definition) is 0. The van der Waals surface area contributed by atoms with E-state index in [1.54, 1.807) is 7.11 Å². The predicted molar refractivity (Wildman–Crippen MR) is 64.0 cm³/mol. The molecule has 2 nitrogen and oxygen atoms in total. The van der Waals surface area contributed by atoms with E-state index in [9.17, 15) is 4.79 Å². The maximum absolute atomic E-state index is 10.2. The molecule has 15 heavy (non-hydrogen) atoms. The minimum Gasteiger partial charge on any atom is -0.379 e. The minimum atomic E-state index is 0.0164. The third-order valence-electron chi connectivity index (χ3n) is 3.05. The zero-order valence-electron chi connectivity index (χ0n) is 10.7. The lowest BCUT2D eigenvalue weighted by molar-refractivity contribution is -0.107. The molecule has 0 aliphatic carbocycles. The average Bonchev–Trinajstić information content (AvgIpc) is 2.18. The van der Waals surface area contributed by atoms with Crippen LogP contribution in [-0.4, -0.2) is 19.0 Å². The third kappa shape index (κ3) is 8.61. The van der Waals surface area contributed by atoms with E-state index in [1.165, 1.54) is 19.3 Å². The van der Waals surface area contributed by atoms with Gasteiger partial charge in [-0.15, -0.1) is 0 Å². The summed E-state index contributed by atoms with van der Waals surface area (Å²) in [6, 6.07) is 0. The third-order valence-corrected chi connectivity index (χ3v) is 3.05. The molecule has 0 aromatic heterocycles. The number of carbonyl (C=O) groups is 1. The smallest absolute Gasteiger partial charge is 0.119 e. The Kier molecular flexibility index (Phi) is 7.67. The molecule has 0 heterocycles. The molecule has 0 aromatic carbocycles. The van der Waals surface area contributed by atoms with Gasteiger partial charge in [-0.25, -0.2) is 0 Å². The molecule has 0 radical (unpaired) electrons. The Morgan fingerprint density at radius 1 is 1.27 bits per heavy atom. The summed E-state index contributed by atoms with van der Waals surface area (Å²) in [6.45, 7) is 6.53. The van der Waals surface area contributed by atoms with Crippen molar-refractivity contribution in [2.75, 3.05) is 7.11 Å². The molecular formula is C13H26O2. The van der Waals surface area contributed by atoms with Crippen LogP contribution in [0, 0.1) is 5.92 Å². The highest BCUT2D eigenvalue weighted by Gasteiger charge is 2.15. The van der Waals surface area contributed by atoms with Crippen molar-refractivity contribution in [3.05, 3.63) is 0 Å². The van der Waals surface area contributed by atoms with Crippen molar-refractivity contribution in [3.63, 3.8) is 0 Å². The molecule has 0 amide bonds. The van der Waals surface area contributed by atoms with Crippen LogP contribution in [0.4, 0.5) is 0 Å². The van der Waals surface area contributed by atoms with E-state index in [0.29, 0.717) is 6.42 Å². The van der Waals surface area contributed by atoms with Crippen molar-refractivity contribution in [2.24, 2.45) is 5.92 Å². The Morgan fingerprint density at radius 2 is 1.87 bits per heavy atom. The summed E-state index contributed by atoms with van der Waals surface area (Å²) in [4.78, 5) is 10.2. The van der Waals surface area contributed by atoms with E-state index in [0.717, 1.165) is 25.0 Å².